The fourth-order valence-electron chi connectivity index (χ4n) is 2.42. The molecule has 1 rings (SSSR count). The highest BCUT2D eigenvalue weighted by Crippen LogP contribution is 2.28. The number of esters is 1. The van der Waals surface area contributed by atoms with Crippen molar-refractivity contribution < 1.29 is 9.53 Å². The first kappa shape index (κ1) is 18.2. The number of methoxy groups -OCH3 is 1. The summed E-state index contributed by atoms with van der Waals surface area (Å²) in [6.07, 6.45) is 10.1. The van der Waals surface area contributed by atoms with Crippen molar-refractivity contribution >= 4 is 11.5 Å². The van der Waals surface area contributed by atoms with Crippen molar-refractivity contribution in [1.82, 2.24) is 0 Å². The maximum Gasteiger partial charge on any atom is 0.330 e. The summed E-state index contributed by atoms with van der Waals surface area (Å²) in [7, 11) is 1.41. The van der Waals surface area contributed by atoms with Gasteiger partial charge in [-0.25, -0.2) is 4.79 Å². The number of allylic oxidation sites excluding steroid dienone is 3. The van der Waals surface area contributed by atoms with Gasteiger partial charge < -0.3 is 4.74 Å². The Kier molecular flexibility index (Phi) is 8.97. The van der Waals surface area contributed by atoms with Crippen molar-refractivity contribution in [2.75, 3.05) is 7.11 Å². The zero-order valence-electron chi connectivity index (χ0n) is 14.1. The summed E-state index contributed by atoms with van der Waals surface area (Å²) in [6.45, 7) is 4.40. The molecule has 0 aliphatic heterocycles. The van der Waals surface area contributed by atoms with E-state index in [0.717, 1.165) is 38.5 Å². The summed E-state index contributed by atoms with van der Waals surface area (Å²) in [5.74, 6) is -0.295. The summed E-state index contributed by atoms with van der Waals surface area (Å²) >= 11 is 0. The molecule has 0 unspecified atom stereocenters. The second kappa shape index (κ2) is 10.8. The van der Waals surface area contributed by atoms with Crippen molar-refractivity contribution in [3.05, 3.63) is 53.6 Å². The standard InChI is InChI=1S/C20H28O2/c1-4-6-11-18(15-16-20(21)22-3)19(14-7-5-2)17-12-9-8-10-13-17/h8-10,12-13,15-16H,4-7,11,14H2,1-3H3/b16-15+,19-18-. The van der Waals surface area contributed by atoms with Crippen LogP contribution < -0.4 is 0 Å². The molecule has 1 aromatic rings. The van der Waals surface area contributed by atoms with E-state index in [2.05, 4.69) is 38.1 Å². The van der Waals surface area contributed by atoms with E-state index < -0.39 is 0 Å². The van der Waals surface area contributed by atoms with Crippen LogP contribution in [0.2, 0.25) is 0 Å². The number of hydrogen-bond acceptors (Lipinski definition) is 2. The third-order valence-corrected chi connectivity index (χ3v) is 3.71. The van der Waals surface area contributed by atoms with E-state index in [1.807, 2.05) is 12.1 Å². The minimum Gasteiger partial charge on any atom is -0.466 e. The molecule has 1 aromatic carbocycles. The van der Waals surface area contributed by atoms with Gasteiger partial charge >= 0.3 is 5.97 Å². The number of rotatable bonds is 9. The predicted molar refractivity (Wildman–Crippen MR) is 93.6 cm³/mol. The van der Waals surface area contributed by atoms with Crippen molar-refractivity contribution in [2.45, 2.75) is 52.4 Å². The fraction of sp³-hybridized carbons (Fsp3) is 0.450. The molecular formula is C20H28O2. The largest absolute Gasteiger partial charge is 0.466 e. The first-order valence-corrected chi connectivity index (χ1v) is 8.26. The lowest BCUT2D eigenvalue weighted by molar-refractivity contribution is -0.134. The Hall–Kier alpha value is -1.83. The van der Waals surface area contributed by atoms with Gasteiger partial charge in [0.05, 0.1) is 7.11 Å². The Morgan fingerprint density at radius 1 is 1.00 bits per heavy atom. The summed E-state index contributed by atoms with van der Waals surface area (Å²) in [4.78, 5) is 11.4. The smallest absolute Gasteiger partial charge is 0.330 e. The van der Waals surface area contributed by atoms with E-state index in [4.69, 9.17) is 4.74 Å². The van der Waals surface area contributed by atoms with E-state index in [1.54, 1.807) is 6.08 Å². The van der Waals surface area contributed by atoms with E-state index in [0.29, 0.717) is 0 Å². The number of benzene rings is 1. The van der Waals surface area contributed by atoms with Gasteiger partial charge in [-0.05, 0) is 42.4 Å². The molecule has 0 radical (unpaired) electrons. The molecule has 0 atom stereocenters. The Bertz CT molecular complexity index is 498. The molecule has 0 fully saturated rings. The highest BCUT2D eigenvalue weighted by atomic mass is 16.5. The van der Waals surface area contributed by atoms with E-state index in [1.165, 1.54) is 23.8 Å². The number of hydrogen-bond donors (Lipinski definition) is 0. The molecule has 0 saturated carbocycles. The highest BCUT2D eigenvalue weighted by Gasteiger charge is 2.08. The minimum absolute atomic E-state index is 0.295. The average Bonchev–Trinajstić information content (AvgIpc) is 2.57. The first-order valence-electron chi connectivity index (χ1n) is 8.26. The Morgan fingerprint density at radius 2 is 1.64 bits per heavy atom. The van der Waals surface area contributed by atoms with E-state index >= 15 is 0 Å². The van der Waals surface area contributed by atoms with Crippen LogP contribution in [0.3, 0.4) is 0 Å². The molecule has 0 aromatic heterocycles. The lowest BCUT2D eigenvalue weighted by Gasteiger charge is -2.13. The molecule has 2 nitrogen and oxygen atoms in total. The third kappa shape index (κ3) is 6.30. The van der Waals surface area contributed by atoms with Crippen LogP contribution in [0.25, 0.3) is 5.57 Å². The Labute approximate surface area is 134 Å². The number of ether oxygens (including phenoxy) is 1. The van der Waals surface area contributed by atoms with Gasteiger partial charge in [0, 0.05) is 6.08 Å². The van der Waals surface area contributed by atoms with Gasteiger partial charge in [-0.3, -0.25) is 0 Å². The zero-order valence-corrected chi connectivity index (χ0v) is 14.1. The normalized spacial score (nSPS) is 12.3. The fourth-order valence-corrected chi connectivity index (χ4v) is 2.42. The number of carbonyl (C=O) groups is 1. The van der Waals surface area contributed by atoms with Gasteiger partial charge in [0.2, 0.25) is 0 Å². The molecule has 2 heteroatoms. The second-order valence-corrected chi connectivity index (χ2v) is 5.43. The number of carbonyl (C=O) groups excluding carboxylic acids is 1. The molecular weight excluding hydrogens is 272 g/mol. The van der Waals surface area contributed by atoms with Crippen LogP contribution in [0.15, 0.2) is 48.1 Å². The van der Waals surface area contributed by atoms with Crippen molar-refractivity contribution in [1.29, 1.82) is 0 Å². The maximum absolute atomic E-state index is 11.4. The summed E-state index contributed by atoms with van der Waals surface area (Å²) in [5.41, 5.74) is 3.87. The molecule has 22 heavy (non-hydrogen) atoms. The topological polar surface area (TPSA) is 26.3 Å². The van der Waals surface area contributed by atoms with Crippen molar-refractivity contribution in [3.8, 4) is 0 Å². The molecule has 0 spiro atoms. The molecule has 0 amide bonds. The van der Waals surface area contributed by atoms with Crippen LogP contribution in [-0.4, -0.2) is 13.1 Å². The van der Waals surface area contributed by atoms with Gasteiger partial charge in [-0.2, -0.15) is 0 Å². The van der Waals surface area contributed by atoms with Crippen LogP contribution in [0, 0.1) is 0 Å². The Balaban J connectivity index is 3.17. The van der Waals surface area contributed by atoms with Gasteiger partial charge in [0.15, 0.2) is 0 Å². The minimum atomic E-state index is -0.295. The Morgan fingerprint density at radius 3 is 2.23 bits per heavy atom. The number of unbranched alkanes of at least 4 members (excludes halogenated alkanes) is 2. The lowest BCUT2D eigenvalue weighted by atomic mass is 9.92. The maximum atomic E-state index is 11.4. The SMILES string of the molecule is CCCCC(/C=C/C(=O)OC)=C(\CCCC)c1ccccc1. The molecule has 0 saturated heterocycles. The lowest BCUT2D eigenvalue weighted by Crippen LogP contribution is -1.96. The van der Waals surface area contributed by atoms with Crippen molar-refractivity contribution in [2.24, 2.45) is 0 Å². The molecule has 0 bridgehead atoms. The van der Waals surface area contributed by atoms with E-state index in [9.17, 15) is 4.79 Å². The molecule has 0 aliphatic carbocycles. The van der Waals surface area contributed by atoms with Gasteiger partial charge in [-0.1, -0.05) is 63.1 Å². The van der Waals surface area contributed by atoms with Crippen LogP contribution in [-0.2, 0) is 9.53 Å². The molecule has 0 aliphatic rings. The summed E-state index contributed by atoms with van der Waals surface area (Å²) < 4.78 is 4.72. The monoisotopic (exact) mass is 300 g/mol. The zero-order chi connectivity index (χ0) is 16.2. The van der Waals surface area contributed by atoms with Crippen LogP contribution >= 0.6 is 0 Å². The van der Waals surface area contributed by atoms with Gasteiger partial charge in [-0.15, -0.1) is 0 Å². The average molecular weight is 300 g/mol. The van der Waals surface area contributed by atoms with E-state index in [-0.39, 0.29) is 5.97 Å². The summed E-state index contributed by atoms with van der Waals surface area (Å²) in [5, 5.41) is 0. The molecule has 120 valence electrons. The van der Waals surface area contributed by atoms with Crippen LogP contribution in [0.5, 0.6) is 0 Å². The van der Waals surface area contributed by atoms with Gasteiger partial charge in [0.25, 0.3) is 0 Å². The summed E-state index contributed by atoms with van der Waals surface area (Å²) in [6, 6.07) is 10.5. The third-order valence-electron chi connectivity index (χ3n) is 3.71. The second-order valence-electron chi connectivity index (χ2n) is 5.43. The first-order chi connectivity index (χ1) is 10.7. The van der Waals surface area contributed by atoms with Crippen LogP contribution in [0.1, 0.15) is 57.9 Å². The highest BCUT2D eigenvalue weighted by molar-refractivity contribution is 5.83. The quantitative estimate of drug-likeness (QED) is 0.339. The molecule has 0 heterocycles. The van der Waals surface area contributed by atoms with Gasteiger partial charge in [0.1, 0.15) is 0 Å². The van der Waals surface area contributed by atoms with Crippen molar-refractivity contribution in [3.63, 3.8) is 0 Å². The molecule has 0 N–H and O–H groups in total. The predicted octanol–water partition coefficient (Wildman–Crippen LogP) is 5.55. The van der Waals surface area contributed by atoms with Crippen LogP contribution in [0.4, 0.5) is 0 Å².